The molecule has 0 aromatic heterocycles. The SMILES string of the molecule is Cc1ccc(C(=O)NN(Cl)C(C)(C)C)cc1.Cl. The van der Waals surface area contributed by atoms with Crippen LogP contribution in [0.1, 0.15) is 36.7 Å². The van der Waals surface area contributed by atoms with Crippen LogP contribution in [0.15, 0.2) is 24.3 Å². The second-order valence-corrected chi connectivity index (χ2v) is 5.10. The van der Waals surface area contributed by atoms with Gasteiger partial charge in [-0.05, 0) is 39.8 Å². The van der Waals surface area contributed by atoms with Gasteiger partial charge in [-0.3, -0.25) is 10.2 Å². The maximum absolute atomic E-state index is 11.8. The van der Waals surface area contributed by atoms with E-state index in [-0.39, 0.29) is 23.9 Å². The Morgan fingerprint density at radius 2 is 1.71 bits per heavy atom. The molecule has 0 atom stereocenters. The predicted molar refractivity (Wildman–Crippen MR) is 73.3 cm³/mol. The molecule has 0 saturated heterocycles. The molecule has 0 fully saturated rings. The molecule has 1 aromatic carbocycles. The minimum atomic E-state index is -0.318. The molecule has 3 nitrogen and oxygen atoms in total. The van der Waals surface area contributed by atoms with Crippen molar-refractivity contribution < 1.29 is 4.79 Å². The van der Waals surface area contributed by atoms with E-state index in [0.29, 0.717) is 5.56 Å². The number of rotatable bonds is 2. The van der Waals surface area contributed by atoms with Crippen LogP contribution in [0, 0.1) is 6.92 Å². The first-order valence-electron chi connectivity index (χ1n) is 5.14. The van der Waals surface area contributed by atoms with Crippen LogP contribution in [0.25, 0.3) is 0 Å². The van der Waals surface area contributed by atoms with Crippen molar-refractivity contribution in [2.75, 3.05) is 0 Å². The quantitative estimate of drug-likeness (QED) is 0.664. The summed E-state index contributed by atoms with van der Waals surface area (Å²) in [5.41, 5.74) is 4.02. The van der Waals surface area contributed by atoms with Gasteiger partial charge in [0.1, 0.15) is 0 Å². The normalized spacial score (nSPS) is 10.9. The number of hydrogen-bond donors (Lipinski definition) is 1. The zero-order valence-corrected chi connectivity index (χ0v) is 12.0. The van der Waals surface area contributed by atoms with E-state index in [1.165, 1.54) is 4.53 Å². The second-order valence-electron chi connectivity index (χ2n) is 4.76. The van der Waals surface area contributed by atoms with Crippen LogP contribution in [0.5, 0.6) is 0 Å². The zero-order valence-electron chi connectivity index (χ0n) is 10.5. The fourth-order valence-corrected chi connectivity index (χ4v) is 1.10. The summed E-state index contributed by atoms with van der Waals surface area (Å²) in [6, 6.07) is 7.34. The van der Waals surface area contributed by atoms with Gasteiger partial charge in [0.2, 0.25) is 0 Å². The van der Waals surface area contributed by atoms with E-state index >= 15 is 0 Å². The zero-order chi connectivity index (χ0) is 12.3. The molecule has 1 N–H and O–H groups in total. The van der Waals surface area contributed by atoms with Gasteiger partial charge in [-0.25, -0.2) is 0 Å². The Morgan fingerprint density at radius 3 is 2.12 bits per heavy atom. The highest BCUT2D eigenvalue weighted by Gasteiger charge is 2.21. The summed E-state index contributed by atoms with van der Waals surface area (Å²) in [6.45, 7) is 7.71. The lowest BCUT2D eigenvalue weighted by molar-refractivity contribution is 0.0806. The topological polar surface area (TPSA) is 32.3 Å². The number of hydrazine groups is 1. The fourth-order valence-electron chi connectivity index (χ4n) is 1.03. The Morgan fingerprint density at radius 1 is 1.24 bits per heavy atom. The van der Waals surface area contributed by atoms with Gasteiger partial charge < -0.3 is 0 Å². The van der Waals surface area contributed by atoms with Crippen LogP contribution in [0.2, 0.25) is 0 Å². The van der Waals surface area contributed by atoms with Crippen LogP contribution in [-0.2, 0) is 0 Å². The van der Waals surface area contributed by atoms with E-state index in [4.69, 9.17) is 11.8 Å². The minimum absolute atomic E-state index is 0. The molecular formula is C12H18Cl2N2O. The molecule has 0 unspecified atom stereocenters. The van der Waals surface area contributed by atoms with E-state index in [1.54, 1.807) is 12.1 Å². The van der Waals surface area contributed by atoms with Crippen molar-refractivity contribution >= 4 is 30.1 Å². The Labute approximate surface area is 114 Å². The molecule has 0 radical (unpaired) electrons. The fraction of sp³-hybridized carbons (Fsp3) is 0.417. The molecule has 0 aliphatic carbocycles. The van der Waals surface area contributed by atoms with Gasteiger partial charge in [0.05, 0.1) is 0 Å². The largest absolute Gasteiger partial charge is 0.270 e. The first-order chi connectivity index (χ1) is 7.30. The number of halogens is 2. The summed E-state index contributed by atoms with van der Waals surface area (Å²) in [7, 11) is 0. The molecule has 0 bridgehead atoms. The lowest BCUT2D eigenvalue weighted by Gasteiger charge is -2.28. The average Bonchev–Trinajstić information content (AvgIpc) is 2.17. The number of aryl methyl sites for hydroxylation is 1. The number of nitrogens with one attached hydrogen (secondary N) is 1. The van der Waals surface area contributed by atoms with Crippen molar-refractivity contribution in [3.8, 4) is 0 Å². The molecule has 5 heteroatoms. The van der Waals surface area contributed by atoms with Crippen molar-refractivity contribution in [3.63, 3.8) is 0 Å². The van der Waals surface area contributed by atoms with Crippen LogP contribution in [0.4, 0.5) is 0 Å². The first kappa shape index (κ1) is 16.2. The van der Waals surface area contributed by atoms with Crippen molar-refractivity contribution in [1.29, 1.82) is 0 Å². The van der Waals surface area contributed by atoms with Crippen LogP contribution >= 0.6 is 24.2 Å². The summed E-state index contributed by atoms with van der Waals surface area (Å²) in [4.78, 5) is 11.8. The first-order valence-corrected chi connectivity index (χ1v) is 5.48. The monoisotopic (exact) mass is 276 g/mol. The minimum Gasteiger partial charge on any atom is -0.270 e. The summed E-state index contributed by atoms with van der Waals surface area (Å²) < 4.78 is 1.29. The van der Waals surface area contributed by atoms with Gasteiger partial charge in [-0.15, -0.1) is 16.9 Å². The van der Waals surface area contributed by atoms with Crippen molar-refractivity contribution in [3.05, 3.63) is 35.4 Å². The molecule has 96 valence electrons. The van der Waals surface area contributed by atoms with Gasteiger partial charge in [0, 0.05) is 22.9 Å². The predicted octanol–water partition coefficient (Wildman–Crippen LogP) is 3.32. The molecule has 0 aliphatic heterocycles. The molecule has 0 spiro atoms. The smallest absolute Gasteiger partial charge is 0.266 e. The maximum Gasteiger partial charge on any atom is 0.266 e. The van der Waals surface area contributed by atoms with Gasteiger partial charge in [0.25, 0.3) is 5.91 Å². The Bertz CT molecular complexity index is 371. The number of nitrogens with zero attached hydrogens (tertiary/aromatic N) is 1. The van der Waals surface area contributed by atoms with E-state index < -0.39 is 0 Å². The lowest BCUT2D eigenvalue weighted by atomic mass is 10.1. The van der Waals surface area contributed by atoms with Crippen LogP contribution in [-0.4, -0.2) is 16.0 Å². The molecule has 1 rings (SSSR count). The van der Waals surface area contributed by atoms with Crippen molar-refractivity contribution in [1.82, 2.24) is 9.95 Å². The highest BCUT2D eigenvalue weighted by molar-refractivity contribution is 6.14. The van der Waals surface area contributed by atoms with Crippen molar-refractivity contribution in [2.24, 2.45) is 0 Å². The molecule has 0 heterocycles. The Hall–Kier alpha value is -0.770. The van der Waals surface area contributed by atoms with E-state index in [2.05, 4.69) is 5.43 Å². The summed E-state index contributed by atoms with van der Waals surface area (Å²) in [6.07, 6.45) is 0. The number of carbonyl (C=O) groups is 1. The molecular weight excluding hydrogens is 259 g/mol. The summed E-state index contributed by atoms with van der Waals surface area (Å²) in [5.74, 6) is -0.204. The van der Waals surface area contributed by atoms with E-state index in [1.807, 2.05) is 39.8 Å². The average molecular weight is 277 g/mol. The van der Waals surface area contributed by atoms with Gasteiger partial charge in [-0.2, -0.15) is 0 Å². The Balaban J connectivity index is 0.00000256. The summed E-state index contributed by atoms with van der Waals surface area (Å²) >= 11 is 5.93. The van der Waals surface area contributed by atoms with Crippen LogP contribution < -0.4 is 5.43 Å². The number of benzene rings is 1. The lowest BCUT2D eigenvalue weighted by Crippen LogP contribution is -2.46. The molecule has 17 heavy (non-hydrogen) atoms. The second kappa shape index (κ2) is 6.24. The third-order valence-electron chi connectivity index (χ3n) is 2.10. The number of amides is 1. The van der Waals surface area contributed by atoms with Gasteiger partial charge in [0.15, 0.2) is 0 Å². The third kappa shape index (κ3) is 4.94. The van der Waals surface area contributed by atoms with Gasteiger partial charge >= 0.3 is 0 Å². The molecule has 0 saturated carbocycles. The number of hydrogen-bond acceptors (Lipinski definition) is 2. The summed E-state index contributed by atoms with van der Waals surface area (Å²) in [5, 5.41) is 0. The molecule has 1 amide bonds. The number of carbonyl (C=O) groups excluding carboxylic acids is 1. The highest BCUT2D eigenvalue weighted by atomic mass is 35.5. The Kier molecular flexibility index (Phi) is 5.96. The molecule has 1 aromatic rings. The van der Waals surface area contributed by atoms with Crippen molar-refractivity contribution in [2.45, 2.75) is 33.2 Å². The van der Waals surface area contributed by atoms with E-state index in [0.717, 1.165) is 5.56 Å². The standard InChI is InChI=1S/C12H17ClN2O.ClH/c1-9-5-7-10(8-6-9)11(16)14-15(13)12(2,3)4;/h5-8H,1-4H3,(H,14,16);1H. The van der Waals surface area contributed by atoms with E-state index in [9.17, 15) is 4.79 Å². The van der Waals surface area contributed by atoms with Crippen LogP contribution in [0.3, 0.4) is 0 Å². The highest BCUT2D eigenvalue weighted by Crippen LogP contribution is 2.13. The molecule has 0 aliphatic rings. The third-order valence-corrected chi connectivity index (χ3v) is 2.69. The maximum atomic E-state index is 11.8. The van der Waals surface area contributed by atoms with Gasteiger partial charge in [-0.1, -0.05) is 17.7 Å².